The van der Waals surface area contributed by atoms with Crippen LogP contribution in [0, 0.1) is 6.92 Å². The number of methoxy groups -OCH3 is 1. The van der Waals surface area contributed by atoms with Crippen LogP contribution in [-0.4, -0.2) is 45.2 Å². The van der Waals surface area contributed by atoms with Gasteiger partial charge in [0.25, 0.3) is 0 Å². The van der Waals surface area contributed by atoms with Gasteiger partial charge >= 0.3 is 0 Å². The number of rotatable bonds is 3. The molecule has 1 fully saturated rings. The Kier molecular flexibility index (Phi) is 4.36. The second-order valence-electron chi connectivity index (χ2n) is 6.97. The molecule has 1 saturated heterocycles. The molecule has 0 amide bonds. The first-order valence-corrected chi connectivity index (χ1v) is 8.29. The molecule has 0 aliphatic carbocycles. The van der Waals surface area contributed by atoms with Gasteiger partial charge in [-0.05, 0) is 44.5 Å². The number of hydrogen-bond acceptors (Lipinski definition) is 5. The molecule has 2 aromatic rings. The van der Waals surface area contributed by atoms with Crippen molar-refractivity contribution in [3.63, 3.8) is 0 Å². The molecule has 3 atom stereocenters. The third kappa shape index (κ3) is 2.91. The minimum atomic E-state index is -0.908. The van der Waals surface area contributed by atoms with E-state index in [1.807, 2.05) is 38.4 Å². The number of likely N-dealkylation sites (tertiary alicyclic amines) is 1. The fourth-order valence-electron chi connectivity index (χ4n) is 3.66. The van der Waals surface area contributed by atoms with E-state index in [0.29, 0.717) is 12.8 Å². The zero-order valence-corrected chi connectivity index (χ0v) is 15.0. The van der Waals surface area contributed by atoms with E-state index < -0.39 is 5.60 Å². The number of nitrogens with zero attached hydrogens (tertiary/aromatic N) is 4. The first-order valence-electron chi connectivity index (χ1n) is 8.29. The van der Waals surface area contributed by atoms with Crippen LogP contribution in [0.3, 0.4) is 0 Å². The van der Waals surface area contributed by atoms with Crippen molar-refractivity contribution in [2.45, 2.75) is 44.4 Å². The van der Waals surface area contributed by atoms with Crippen LogP contribution >= 0.6 is 0 Å². The highest BCUT2D eigenvalue weighted by Crippen LogP contribution is 2.44. The lowest BCUT2D eigenvalue weighted by atomic mass is 9.77. The largest absolute Gasteiger partial charge is 0.496 e. The standard InChI is InChI=1S/C18H26N4O2/c1-12-6-7-14(8-17(12)24-5)18(23)9-13(2)22(4)16(10-18)15-11-21(3)20-19-15/h6-8,11,13,16,23H,9-10H2,1-5H3/t13-,16-,18-/m0/s1. The maximum absolute atomic E-state index is 11.4. The lowest BCUT2D eigenvalue weighted by molar-refractivity contribution is -0.0694. The Morgan fingerprint density at radius 3 is 2.67 bits per heavy atom. The molecular weight excluding hydrogens is 304 g/mol. The summed E-state index contributed by atoms with van der Waals surface area (Å²) in [7, 11) is 5.61. The van der Waals surface area contributed by atoms with Crippen molar-refractivity contribution >= 4 is 0 Å². The van der Waals surface area contributed by atoms with E-state index in [-0.39, 0.29) is 12.1 Å². The number of hydrogen-bond donors (Lipinski definition) is 1. The third-order valence-electron chi connectivity index (χ3n) is 5.26. The molecule has 6 heteroatoms. The van der Waals surface area contributed by atoms with Gasteiger partial charge in [0.05, 0.1) is 24.4 Å². The minimum absolute atomic E-state index is 0.0275. The van der Waals surface area contributed by atoms with Crippen LogP contribution in [0.1, 0.15) is 42.6 Å². The van der Waals surface area contributed by atoms with Crippen molar-refractivity contribution in [2.24, 2.45) is 7.05 Å². The first kappa shape index (κ1) is 16.9. The van der Waals surface area contributed by atoms with Gasteiger partial charge in [0.1, 0.15) is 5.75 Å². The van der Waals surface area contributed by atoms with Gasteiger partial charge in [0.2, 0.25) is 0 Å². The Labute approximate surface area is 143 Å². The molecular formula is C18H26N4O2. The Bertz CT molecular complexity index is 730. The molecule has 2 heterocycles. The predicted molar refractivity (Wildman–Crippen MR) is 91.8 cm³/mol. The summed E-state index contributed by atoms with van der Waals surface area (Å²) in [6, 6.07) is 6.22. The molecule has 1 aliphatic rings. The lowest BCUT2D eigenvalue weighted by Gasteiger charge is -2.46. The summed E-state index contributed by atoms with van der Waals surface area (Å²) in [6.07, 6.45) is 3.18. The van der Waals surface area contributed by atoms with Gasteiger partial charge in [-0.15, -0.1) is 5.10 Å². The number of ether oxygens (including phenoxy) is 1. The van der Waals surface area contributed by atoms with E-state index >= 15 is 0 Å². The number of aromatic nitrogens is 3. The summed E-state index contributed by atoms with van der Waals surface area (Å²) in [5.41, 5.74) is 1.95. The second kappa shape index (κ2) is 6.18. The van der Waals surface area contributed by atoms with Crippen molar-refractivity contribution in [1.82, 2.24) is 19.9 Å². The van der Waals surface area contributed by atoms with Gasteiger partial charge < -0.3 is 9.84 Å². The first-order chi connectivity index (χ1) is 11.3. The van der Waals surface area contributed by atoms with Crippen molar-refractivity contribution < 1.29 is 9.84 Å². The van der Waals surface area contributed by atoms with Crippen LogP contribution in [0.4, 0.5) is 0 Å². The second-order valence-corrected chi connectivity index (χ2v) is 6.97. The summed E-state index contributed by atoms with van der Waals surface area (Å²) >= 11 is 0. The molecule has 1 aromatic carbocycles. The molecule has 0 saturated carbocycles. The fourth-order valence-corrected chi connectivity index (χ4v) is 3.66. The summed E-state index contributed by atoms with van der Waals surface area (Å²) in [5, 5.41) is 19.8. The quantitative estimate of drug-likeness (QED) is 0.934. The molecule has 24 heavy (non-hydrogen) atoms. The fraction of sp³-hybridized carbons (Fsp3) is 0.556. The minimum Gasteiger partial charge on any atom is -0.496 e. The predicted octanol–water partition coefficient (Wildman–Crippen LogP) is 2.18. The van der Waals surface area contributed by atoms with Gasteiger partial charge in [-0.2, -0.15) is 0 Å². The number of aliphatic hydroxyl groups is 1. The molecule has 1 aromatic heterocycles. The average Bonchev–Trinajstić information content (AvgIpc) is 2.97. The van der Waals surface area contributed by atoms with Gasteiger partial charge in [-0.25, -0.2) is 0 Å². The van der Waals surface area contributed by atoms with Crippen LogP contribution in [0.2, 0.25) is 0 Å². The van der Waals surface area contributed by atoms with E-state index in [1.165, 1.54) is 0 Å². The number of aryl methyl sites for hydroxylation is 2. The normalized spacial score (nSPS) is 28.1. The lowest BCUT2D eigenvalue weighted by Crippen LogP contribution is -2.47. The average molecular weight is 330 g/mol. The third-order valence-corrected chi connectivity index (χ3v) is 5.26. The number of benzene rings is 1. The zero-order valence-electron chi connectivity index (χ0n) is 15.0. The molecule has 0 radical (unpaired) electrons. The molecule has 1 aliphatic heterocycles. The van der Waals surface area contributed by atoms with Crippen molar-refractivity contribution in [2.75, 3.05) is 14.2 Å². The molecule has 1 N–H and O–H groups in total. The highest BCUT2D eigenvalue weighted by Gasteiger charge is 2.43. The summed E-state index contributed by atoms with van der Waals surface area (Å²) < 4.78 is 7.14. The van der Waals surface area contributed by atoms with Crippen molar-refractivity contribution in [1.29, 1.82) is 0 Å². The molecule has 0 spiro atoms. The van der Waals surface area contributed by atoms with Crippen LogP contribution in [0.25, 0.3) is 0 Å². The van der Waals surface area contributed by atoms with Crippen molar-refractivity contribution in [3.8, 4) is 5.75 Å². The van der Waals surface area contributed by atoms with E-state index in [2.05, 4.69) is 29.2 Å². The van der Waals surface area contributed by atoms with Crippen LogP contribution in [-0.2, 0) is 12.6 Å². The molecule has 6 nitrogen and oxygen atoms in total. The van der Waals surface area contributed by atoms with E-state index in [0.717, 1.165) is 22.6 Å². The van der Waals surface area contributed by atoms with Crippen LogP contribution in [0.5, 0.6) is 5.75 Å². The Morgan fingerprint density at radius 1 is 1.29 bits per heavy atom. The van der Waals surface area contributed by atoms with Crippen LogP contribution < -0.4 is 4.74 Å². The maximum Gasteiger partial charge on any atom is 0.122 e. The highest BCUT2D eigenvalue weighted by molar-refractivity contribution is 5.39. The topological polar surface area (TPSA) is 63.4 Å². The van der Waals surface area contributed by atoms with Gasteiger partial charge in [-0.3, -0.25) is 9.58 Å². The molecule has 130 valence electrons. The van der Waals surface area contributed by atoms with E-state index in [9.17, 15) is 5.11 Å². The smallest absolute Gasteiger partial charge is 0.122 e. The van der Waals surface area contributed by atoms with Gasteiger partial charge in [0, 0.05) is 25.7 Å². The van der Waals surface area contributed by atoms with E-state index in [1.54, 1.807) is 11.8 Å². The molecule has 0 bridgehead atoms. The van der Waals surface area contributed by atoms with Gasteiger partial charge in [0.15, 0.2) is 0 Å². The summed E-state index contributed by atoms with van der Waals surface area (Å²) in [6.45, 7) is 4.14. The Morgan fingerprint density at radius 2 is 2.04 bits per heavy atom. The highest BCUT2D eigenvalue weighted by atomic mass is 16.5. The summed E-state index contributed by atoms with van der Waals surface area (Å²) in [5.74, 6) is 0.809. The number of piperidine rings is 1. The maximum atomic E-state index is 11.4. The van der Waals surface area contributed by atoms with Crippen molar-refractivity contribution in [3.05, 3.63) is 41.2 Å². The molecule has 3 rings (SSSR count). The van der Waals surface area contributed by atoms with E-state index in [4.69, 9.17) is 4.74 Å². The zero-order chi connectivity index (χ0) is 17.5. The Hall–Kier alpha value is -1.92. The monoisotopic (exact) mass is 330 g/mol. The molecule has 0 unspecified atom stereocenters. The summed E-state index contributed by atoms with van der Waals surface area (Å²) in [4.78, 5) is 2.27. The Balaban J connectivity index is 1.97. The van der Waals surface area contributed by atoms with Gasteiger partial charge in [-0.1, -0.05) is 17.3 Å². The SMILES string of the molecule is COc1cc([C@]2(O)C[C@H](C)N(C)[C@H](c3cn(C)nn3)C2)ccc1C. The van der Waals surface area contributed by atoms with Crippen LogP contribution in [0.15, 0.2) is 24.4 Å².